The minimum atomic E-state index is -0.733. The Morgan fingerprint density at radius 2 is 2.21 bits per heavy atom. The molecule has 0 bridgehead atoms. The Kier molecular flexibility index (Phi) is 3.30. The minimum Gasteiger partial charge on any atom is -0.453 e. The molecule has 0 aromatic heterocycles. The zero-order valence-electron chi connectivity index (χ0n) is 7.73. The van der Waals surface area contributed by atoms with Crippen LogP contribution in [0.2, 0.25) is 5.02 Å². The smallest absolute Gasteiger partial charge is 0.411 e. The Morgan fingerprint density at radius 3 is 2.79 bits per heavy atom. The van der Waals surface area contributed by atoms with Crippen molar-refractivity contribution in [2.24, 2.45) is 0 Å². The third-order valence-corrected chi connectivity index (χ3v) is 2.16. The number of aryl methyl sites for hydroxylation is 1. The van der Waals surface area contributed by atoms with E-state index in [0.29, 0.717) is 5.56 Å². The van der Waals surface area contributed by atoms with E-state index in [1.165, 1.54) is 13.2 Å². The van der Waals surface area contributed by atoms with Crippen LogP contribution in [0.25, 0.3) is 0 Å². The highest BCUT2D eigenvalue weighted by atomic mass is 35.5. The van der Waals surface area contributed by atoms with Crippen LogP contribution in [0.3, 0.4) is 0 Å². The van der Waals surface area contributed by atoms with Gasteiger partial charge in [0.1, 0.15) is 0 Å². The van der Waals surface area contributed by atoms with Crippen LogP contribution in [0, 0.1) is 12.7 Å². The van der Waals surface area contributed by atoms with Gasteiger partial charge in [-0.3, -0.25) is 5.32 Å². The van der Waals surface area contributed by atoms with Gasteiger partial charge in [0.2, 0.25) is 0 Å². The maximum atomic E-state index is 13.4. The Morgan fingerprint density at radius 1 is 1.57 bits per heavy atom. The third kappa shape index (κ3) is 2.14. The third-order valence-electron chi connectivity index (χ3n) is 1.70. The summed E-state index contributed by atoms with van der Waals surface area (Å²) in [5.41, 5.74) is 0.618. The minimum absolute atomic E-state index is 0.00102. The van der Waals surface area contributed by atoms with Gasteiger partial charge in [-0.05, 0) is 18.6 Å². The summed E-state index contributed by atoms with van der Waals surface area (Å²) in [7, 11) is 1.20. The fraction of sp³-hybridized carbons (Fsp3) is 0.222. The second-order valence-corrected chi connectivity index (χ2v) is 3.05. The van der Waals surface area contributed by atoms with Crippen LogP contribution in [0.4, 0.5) is 14.9 Å². The van der Waals surface area contributed by atoms with Crippen molar-refractivity contribution in [1.82, 2.24) is 0 Å². The zero-order valence-corrected chi connectivity index (χ0v) is 8.48. The Labute approximate surface area is 85.8 Å². The van der Waals surface area contributed by atoms with Gasteiger partial charge in [-0.1, -0.05) is 17.7 Å². The lowest BCUT2D eigenvalue weighted by Crippen LogP contribution is -2.12. The summed E-state index contributed by atoms with van der Waals surface area (Å²) in [6.07, 6.45) is -0.733. The van der Waals surface area contributed by atoms with Crippen LogP contribution < -0.4 is 5.32 Å². The number of nitrogens with one attached hydrogen (secondary N) is 1. The molecule has 14 heavy (non-hydrogen) atoms. The number of halogens is 2. The van der Waals surface area contributed by atoms with Crippen molar-refractivity contribution in [2.45, 2.75) is 6.92 Å². The average molecular weight is 218 g/mol. The maximum Gasteiger partial charge on any atom is 0.411 e. The Hall–Kier alpha value is -1.29. The molecule has 0 radical (unpaired) electrons. The van der Waals surface area contributed by atoms with Gasteiger partial charge in [0.15, 0.2) is 5.82 Å². The molecule has 0 atom stereocenters. The van der Waals surface area contributed by atoms with Crippen LogP contribution >= 0.6 is 11.6 Å². The van der Waals surface area contributed by atoms with Crippen LogP contribution in [0.5, 0.6) is 0 Å². The normalized spacial score (nSPS) is 9.71. The molecular formula is C9H9ClFNO2. The molecule has 0 spiro atoms. The van der Waals surface area contributed by atoms with E-state index in [-0.39, 0.29) is 10.7 Å². The number of ether oxygens (including phenoxy) is 1. The molecule has 0 unspecified atom stereocenters. The predicted octanol–water partition coefficient (Wildman–Crippen LogP) is 2.97. The summed E-state index contributed by atoms with van der Waals surface area (Å²) in [5.74, 6) is -0.655. The first kappa shape index (κ1) is 10.8. The van der Waals surface area contributed by atoms with Crippen molar-refractivity contribution >= 4 is 23.4 Å². The topological polar surface area (TPSA) is 38.3 Å². The van der Waals surface area contributed by atoms with Gasteiger partial charge in [-0.2, -0.15) is 0 Å². The van der Waals surface area contributed by atoms with Gasteiger partial charge >= 0.3 is 6.09 Å². The molecule has 0 aliphatic carbocycles. The van der Waals surface area contributed by atoms with Gasteiger partial charge in [0.25, 0.3) is 0 Å². The molecule has 0 aliphatic heterocycles. The number of benzene rings is 1. The number of anilines is 1. The van der Waals surface area contributed by atoms with E-state index in [1.54, 1.807) is 13.0 Å². The lowest BCUT2D eigenvalue weighted by molar-refractivity contribution is 0.187. The van der Waals surface area contributed by atoms with Crippen LogP contribution in [-0.2, 0) is 4.74 Å². The number of amides is 1. The van der Waals surface area contributed by atoms with E-state index in [1.807, 2.05) is 0 Å². The van der Waals surface area contributed by atoms with Crippen LogP contribution in [0.15, 0.2) is 12.1 Å². The van der Waals surface area contributed by atoms with Crippen molar-refractivity contribution in [1.29, 1.82) is 0 Å². The van der Waals surface area contributed by atoms with Gasteiger partial charge < -0.3 is 4.74 Å². The van der Waals surface area contributed by atoms with Crippen LogP contribution in [0.1, 0.15) is 5.56 Å². The molecule has 0 fully saturated rings. The van der Waals surface area contributed by atoms with Gasteiger partial charge in [-0.15, -0.1) is 0 Å². The summed E-state index contributed by atoms with van der Waals surface area (Å²) >= 11 is 5.64. The predicted molar refractivity (Wildman–Crippen MR) is 52.2 cm³/mol. The molecule has 76 valence electrons. The molecule has 1 aromatic carbocycles. The van der Waals surface area contributed by atoms with Crippen molar-refractivity contribution < 1.29 is 13.9 Å². The first-order valence-electron chi connectivity index (χ1n) is 3.86. The molecular weight excluding hydrogens is 209 g/mol. The summed E-state index contributed by atoms with van der Waals surface area (Å²) in [6.45, 7) is 1.67. The molecule has 5 heteroatoms. The van der Waals surface area contributed by atoms with E-state index < -0.39 is 11.9 Å². The SMILES string of the molecule is COC(=O)Nc1ccc(C)c(Cl)c1F. The number of rotatable bonds is 1. The summed E-state index contributed by atoms with van der Waals surface area (Å²) < 4.78 is 17.7. The number of carbonyl (C=O) groups is 1. The van der Waals surface area contributed by atoms with E-state index in [9.17, 15) is 9.18 Å². The molecule has 1 aromatic rings. The summed E-state index contributed by atoms with van der Waals surface area (Å²) in [4.78, 5) is 10.8. The van der Waals surface area contributed by atoms with Gasteiger partial charge in [0.05, 0.1) is 17.8 Å². The highest BCUT2D eigenvalue weighted by Crippen LogP contribution is 2.25. The Balaban J connectivity index is 3.00. The van der Waals surface area contributed by atoms with E-state index in [4.69, 9.17) is 11.6 Å². The lowest BCUT2D eigenvalue weighted by atomic mass is 10.2. The quantitative estimate of drug-likeness (QED) is 0.786. The van der Waals surface area contributed by atoms with Crippen molar-refractivity contribution in [2.75, 3.05) is 12.4 Å². The fourth-order valence-electron chi connectivity index (χ4n) is 0.904. The monoisotopic (exact) mass is 217 g/mol. The maximum absolute atomic E-state index is 13.4. The average Bonchev–Trinajstić information content (AvgIpc) is 2.19. The number of carbonyl (C=O) groups excluding carboxylic acids is 1. The second kappa shape index (κ2) is 4.28. The first-order chi connectivity index (χ1) is 6.56. The first-order valence-corrected chi connectivity index (χ1v) is 4.23. The number of hydrogen-bond acceptors (Lipinski definition) is 2. The number of methoxy groups -OCH3 is 1. The standard InChI is InChI=1S/C9H9ClFNO2/c1-5-3-4-6(8(11)7(5)10)12-9(13)14-2/h3-4H,1-2H3,(H,12,13). The molecule has 0 heterocycles. The second-order valence-electron chi connectivity index (χ2n) is 2.67. The highest BCUT2D eigenvalue weighted by Gasteiger charge is 2.11. The number of hydrogen-bond donors (Lipinski definition) is 1. The summed E-state index contributed by atoms with van der Waals surface area (Å²) in [5, 5.41) is 2.21. The van der Waals surface area contributed by atoms with Crippen molar-refractivity contribution in [3.63, 3.8) is 0 Å². The van der Waals surface area contributed by atoms with Crippen molar-refractivity contribution in [3.8, 4) is 0 Å². The van der Waals surface area contributed by atoms with E-state index in [0.717, 1.165) is 0 Å². The zero-order chi connectivity index (χ0) is 10.7. The highest BCUT2D eigenvalue weighted by molar-refractivity contribution is 6.31. The van der Waals surface area contributed by atoms with Gasteiger partial charge in [0, 0.05) is 0 Å². The molecule has 0 aliphatic rings. The largest absolute Gasteiger partial charge is 0.453 e. The Bertz CT molecular complexity index is 368. The molecule has 3 nitrogen and oxygen atoms in total. The van der Waals surface area contributed by atoms with Gasteiger partial charge in [-0.25, -0.2) is 9.18 Å². The van der Waals surface area contributed by atoms with Crippen LogP contribution in [-0.4, -0.2) is 13.2 Å². The molecule has 1 amide bonds. The van der Waals surface area contributed by atoms with E-state index in [2.05, 4.69) is 10.1 Å². The molecule has 1 rings (SSSR count). The van der Waals surface area contributed by atoms with E-state index >= 15 is 0 Å². The summed E-state index contributed by atoms with van der Waals surface area (Å²) in [6, 6.07) is 3.03. The fourth-order valence-corrected chi connectivity index (χ4v) is 1.07. The molecule has 1 N–H and O–H groups in total. The lowest BCUT2D eigenvalue weighted by Gasteiger charge is -2.07. The molecule has 0 saturated heterocycles. The van der Waals surface area contributed by atoms with Crippen molar-refractivity contribution in [3.05, 3.63) is 28.5 Å². The molecule has 0 saturated carbocycles.